The second-order valence-corrected chi connectivity index (χ2v) is 29.7. The van der Waals surface area contributed by atoms with Crippen molar-refractivity contribution >= 4 is 51.0 Å². The first-order valence-electron chi connectivity index (χ1n) is 39.0. The molecule has 0 saturated carbocycles. The summed E-state index contributed by atoms with van der Waals surface area (Å²) in [7, 11) is -9.50. The molecule has 23 nitrogen and oxygen atoms in total. The Balaban J connectivity index is 5.38. The third-order valence-corrected chi connectivity index (χ3v) is 19.0. The van der Waals surface area contributed by atoms with E-state index in [1.165, 1.54) is 83.5 Å². The van der Waals surface area contributed by atoms with Crippen LogP contribution in [-0.2, 0) is 70.2 Å². The lowest BCUT2D eigenvalue weighted by Gasteiger charge is -2.23. The summed E-state index contributed by atoms with van der Waals surface area (Å²) in [5.41, 5.74) is 0. The normalized spacial score (nSPS) is 14.4. The number of ether oxygens (including phenoxy) is 3. The molecule has 0 bridgehead atoms. The van der Waals surface area contributed by atoms with E-state index in [0.717, 1.165) is 128 Å². The zero-order valence-corrected chi connectivity index (χ0v) is 64.2. The van der Waals surface area contributed by atoms with Gasteiger partial charge in [-0.2, -0.15) is 0 Å². The van der Waals surface area contributed by atoms with E-state index in [0.29, 0.717) is 44.9 Å². The summed E-state index contributed by atoms with van der Waals surface area (Å²) in [6.07, 6.45) is 41.8. The number of nitrogens with one attached hydrogen (secondary N) is 4. The molecule has 4 amide bonds. The second-order valence-electron chi connectivity index (χ2n) is 26.8. The molecule has 0 aliphatic heterocycles. The number of unbranched alkanes of at least 4 members (excludes halogenated alkanes) is 29. The smallest absolute Gasteiger partial charge is 0.462 e. The van der Waals surface area contributed by atoms with Gasteiger partial charge in [0.25, 0.3) is 0 Å². The summed E-state index contributed by atoms with van der Waals surface area (Å²) < 4.78 is 64.2. The summed E-state index contributed by atoms with van der Waals surface area (Å²) in [6.45, 7) is 8.50. The third kappa shape index (κ3) is 66.5. The first-order valence-corrected chi connectivity index (χ1v) is 42.0. The molecule has 8 N–H and O–H groups in total. The number of phosphoric ester groups is 2. The highest BCUT2D eigenvalue weighted by molar-refractivity contribution is 7.47. The van der Waals surface area contributed by atoms with Crippen LogP contribution in [0.25, 0.3) is 0 Å². The molecule has 0 aromatic rings. The Morgan fingerprint density at radius 3 is 1.19 bits per heavy atom. The van der Waals surface area contributed by atoms with Gasteiger partial charge in [0.2, 0.25) is 23.6 Å². The molecule has 0 aromatic carbocycles. The maximum atomic E-state index is 13.7. The van der Waals surface area contributed by atoms with E-state index in [4.69, 9.17) is 32.3 Å². The number of aliphatic hydroxyl groups excluding tert-OH is 2. The molecule has 0 rings (SSSR count). The number of carbonyl (C=O) groups is 6. The lowest BCUT2D eigenvalue weighted by Crippen LogP contribution is -2.43. The molecule has 0 aliphatic rings. The average Bonchev–Trinajstić information content (AvgIpc) is 1.16. The minimum absolute atomic E-state index is 0.131. The van der Waals surface area contributed by atoms with Gasteiger partial charge in [-0.1, -0.05) is 233 Å². The van der Waals surface area contributed by atoms with E-state index in [-0.39, 0.29) is 89.8 Å². The highest BCUT2D eigenvalue weighted by Crippen LogP contribution is 2.44. The topological polar surface area (TPSA) is 330 Å². The Morgan fingerprint density at radius 2 is 0.758 bits per heavy atom. The Kier molecular flexibility index (Phi) is 65.8. The van der Waals surface area contributed by atoms with Crippen molar-refractivity contribution in [2.45, 2.75) is 360 Å². The minimum atomic E-state index is -4.77. The van der Waals surface area contributed by atoms with Gasteiger partial charge in [-0.05, 0) is 70.6 Å². The van der Waals surface area contributed by atoms with Crippen LogP contribution < -0.4 is 21.3 Å². The van der Waals surface area contributed by atoms with Crippen LogP contribution in [0.2, 0.25) is 0 Å². The predicted molar refractivity (Wildman–Crippen MR) is 392 cm³/mol. The average molecular weight is 1450 g/mol. The molecule has 25 heteroatoms. The van der Waals surface area contributed by atoms with Crippen molar-refractivity contribution in [1.29, 1.82) is 0 Å². The zero-order valence-electron chi connectivity index (χ0n) is 62.4. The first-order chi connectivity index (χ1) is 47.8. The van der Waals surface area contributed by atoms with E-state index in [2.05, 4.69) is 68.0 Å². The van der Waals surface area contributed by atoms with Gasteiger partial charge >= 0.3 is 21.6 Å². The van der Waals surface area contributed by atoms with E-state index < -0.39 is 96.1 Å². The summed E-state index contributed by atoms with van der Waals surface area (Å²) in [5.74, 6) is -2.81. The summed E-state index contributed by atoms with van der Waals surface area (Å²) in [6, 6.07) is -1.88. The van der Waals surface area contributed by atoms with Crippen LogP contribution in [0.5, 0.6) is 0 Å². The number of amides is 4. The van der Waals surface area contributed by atoms with Crippen LogP contribution in [0.4, 0.5) is 0 Å². The SMILES string of the molecule is CCCCCC/C=C\CCCC(=O)OC(CCCCCCCCCCC)CC(=O)NC(COCCC(O)CCCCCCC)COP(=O)(O)OCCNC(=O)CCC(=O)NCCOP(=O)(O)OCC(COCCC(O)CCCCCCC)NC(=O)CC(=O)CCCCCCCCCCC. The minimum Gasteiger partial charge on any atom is -0.462 e. The molecule has 7 atom stereocenters. The van der Waals surface area contributed by atoms with E-state index in [1.54, 1.807) is 0 Å². The third-order valence-electron chi connectivity index (χ3n) is 17.1. The molecule has 0 heterocycles. The van der Waals surface area contributed by atoms with Crippen LogP contribution in [0.15, 0.2) is 12.2 Å². The molecule has 582 valence electrons. The number of esters is 1. The number of hydrogen-bond acceptors (Lipinski definition) is 17. The number of phosphoric acid groups is 2. The standard InChI is InChI=1S/C74H142N4O19P2/c1-6-11-16-21-24-27-30-35-40-45-68(81)58-72(84)77-64(60-91-54-50-66(79)43-38-33-19-14-9-4)62-95-98(87,88)93-56-52-75-70(82)48-49-71(83)76-53-57-94-99(89,90)96-63-65(61-92-55-51-67(80)44-39-34-20-15-10-5)78-73(85)59-69(46-41-36-31-28-25-22-17-12-7-2)97-74(86)47-42-37-32-29-26-23-18-13-8-3/h29,32,64-67,69,79-80H,6-28,30-31,33-63H2,1-5H3,(H,75,82)(H,76,83)(H,77,84)(H,78,85)(H,87,88)(H,89,90)/b32-29-. The van der Waals surface area contributed by atoms with Gasteiger partial charge in [-0.15, -0.1) is 0 Å². The van der Waals surface area contributed by atoms with Crippen molar-refractivity contribution in [2.24, 2.45) is 0 Å². The lowest BCUT2D eigenvalue weighted by atomic mass is 10.0. The van der Waals surface area contributed by atoms with E-state index in [1.807, 2.05) is 0 Å². The van der Waals surface area contributed by atoms with Crippen molar-refractivity contribution in [3.8, 4) is 0 Å². The van der Waals surface area contributed by atoms with Crippen molar-refractivity contribution in [3.05, 3.63) is 12.2 Å². The van der Waals surface area contributed by atoms with Crippen molar-refractivity contribution in [3.63, 3.8) is 0 Å². The molecule has 0 aliphatic carbocycles. The molecule has 0 fully saturated rings. The maximum absolute atomic E-state index is 13.7. The number of ketones is 1. The number of aliphatic hydroxyl groups is 2. The Morgan fingerprint density at radius 1 is 0.384 bits per heavy atom. The molecule has 0 saturated heterocycles. The summed E-state index contributed by atoms with van der Waals surface area (Å²) >= 11 is 0. The Labute approximate surface area is 598 Å². The van der Waals surface area contributed by atoms with Gasteiger partial charge in [0.1, 0.15) is 11.9 Å². The second kappa shape index (κ2) is 68.0. The van der Waals surface area contributed by atoms with Gasteiger partial charge in [0.05, 0.1) is 76.8 Å². The van der Waals surface area contributed by atoms with Crippen molar-refractivity contribution in [2.75, 3.05) is 65.9 Å². The van der Waals surface area contributed by atoms with Crippen molar-refractivity contribution < 1.29 is 90.2 Å². The maximum Gasteiger partial charge on any atom is 0.472 e. The van der Waals surface area contributed by atoms with Crippen LogP contribution in [0.1, 0.15) is 330 Å². The quantitative estimate of drug-likeness (QED) is 0.00922. The number of rotatable bonds is 75. The summed E-state index contributed by atoms with van der Waals surface area (Å²) in [4.78, 5) is 98.9. The molecular formula is C74H142N4O19P2. The fourth-order valence-electron chi connectivity index (χ4n) is 11.0. The number of Topliss-reactive ketones (excluding diaryl/α,β-unsaturated/α-hetero) is 1. The van der Waals surface area contributed by atoms with Crippen LogP contribution >= 0.6 is 15.6 Å². The lowest BCUT2D eigenvalue weighted by molar-refractivity contribution is -0.151. The van der Waals surface area contributed by atoms with Gasteiger partial charge in [0, 0.05) is 52.0 Å². The van der Waals surface area contributed by atoms with E-state index in [9.17, 15) is 57.9 Å². The van der Waals surface area contributed by atoms with E-state index >= 15 is 0 Å². The number of hydrogen-bond donors (Lipinski definition) is 8. The molecular weight excluding hydrogens is 1310 g/mol. The Hall–Kier alpha value is -3.18. The van der Waals surface area contributed by atoms with Gasteiger partial charge in [-0.25, -0.2) is 9.13 Å². The molecule has 0 aromatic heterocycles. The number of carbonyl (C=O) groups excluding carboxylic acids is 6. The largest absolute Gasteiger partial charge is 0.472 e. The van der Waals surface area contributed by atoms with Gasteiger partial charge in [-0.3, -0.25) is 46.9 Å². The van der Waals surface area contributed by atoms with Crippen LogP contribution in [0, 0.1) is 0 Å². The van der Waals surface area contributed by atoms with Gasteiger partial charge < -0.3 is 55.5 Å². The molecule has 0 radical (unpaired) electrons. The highest BCUT2D eigenvalue weighted by Gasteiger charge is 2.28. The monoisotopic (exact) mass is 1450 g/mol. The molecule has 99 heavy (non-hydrogen) atoms. The molecule has 0 spiro atoms. The van der Waals surface area contributed by atoms with Crippen molar-refractivity contribution in [1.82, 2.24) is 21.3 Å². The van der Waals surface area contributed by atoms with Crippen LogP contribution in [-0.4, -0.2) is 152 Å². The van der Waals surface area contributed by atoms with Gasteiger partial charge in [0.15, 0.2) is 0 Å². The summed E-state index contributed by atoms with van der Waals surface area (Å²) in [5, 5.41) is 31.5. The van der Waals surface area contributed by atoms with Crippen LogP contribution in [0.3, 0.4) is 0 Å². The fraction of sp³-hybridized carbons (Fsp3) is 0.892. The highest BCUT2D eigenvalue weighted by atomic mass is 31.2. The predicted octanol–water partition coefficient (Wildman–Crippen LogP) is 15.3. The Bertz CT molecular complexity index is 2110. The molecule has 7 unspecified atom stereocenters. The number of allylic oxidation sites excluding steroid dienone is 2. The first kappa shape index (κ1) is 95.8. The zero-order chi connectivity index (χ0) is 73.1. The fourth-order valence-corrected chi connectivity index (χ4v) is 12.6.